The first-order valence-corrected chi connectivity index (χ1v) is 7.14. The Kier molecular flexibility index (Phi) is 5.04. The highest BCUT2D eigenvalue weighted by atomic mass is 16.5. The van der Waals surface area contributed by atoms with E-state index in [1.54, 1.807) is 13.4 Å². The zero-order chi connectivity index (χ0) is 15.3. The fourth-order valence-corrected chi connectivity index (χ4v) is 2.37. The summed E-state index contributed by atoms with van der Waals surface area (Å²) in [5.41, 5.74) is 7.17. The van der Waals surface area contributed by atoms with Gasteiger partial charge in [0.15, 0.2) is 0 Å². The second kappa shape index (κ2) is 6.78. The number of hydrogen-bond acceptors (Lipinski definition) is 4. The molecular weight excluding hydrogens is 264 g/mol. The van der Waals surface area contributed by atoms with Crippen molar-refractivity contribution in [3.05, 3.63) is 54.0 Å². The standard InChI is InChI=1S/C17H24N2O2/c1-17(13-18,19(2)12-16-5-4-10-21-16)11-14-6-8-15(20-3)9-7-14/h4-10H,11-13,18H2,1-3H3. The summed E-state index contributed by atoms with van der Waals surface area (Å²) >= 11 is 0. The number of rotatable bonds is 7. The maximum absolute atomic E-state index is 6.04. The second-order valence-electron chi connectivity index (χ2n) is 5.66. The van der Waals surface area contributed by atoms with Gasteiger partial charge < -0.3 is 14.9 Å². The molecule has 0 saturated carbocycles. The molecule has 2 aromatic rings. The number of hydrogen-bond donors (Lipinski definition) is 1. The van der Waals surface area contributed by atoms with Crippen molar-refractivity contribution >= 4 is 0 Å². The summed E-state index contributed by atoms with van der Waals surface area (Å²) in [6.45, 7) is 3.51. The van der Waals surface area contributed by atoms with Gasteiger partial charge in [-0.1, -0.05) is 12.1 Å². The minimum atomic E-state index is -0.124. The fourth-order valence-electron chi connectivity index (χ4n) is 2.37. The first kappa shape index (κ1) is 15.6. The third-order valence-electron chi connectivity index (χ3n) is 4.08. The smallest absolute Gasteiger partial charge is 0.118 e. The average Bonchev–Trinajstić information content (AvgIpc) is 3.00. The molecule has 4 heteroatoms. The number of ether oxygens (including phenoxy) is 1. The lowest BCUT2D eigenvalue weighted by atomic mass is 9.91. The Balaban J connectivity index is 2.08. The molecule has 114 valence electrons. The van der Waals surface area contributed by atoms with E-state index in [1.165, 1.54) is 5.56 Å². The normalized spacial score (nSPS) is 14.1. The van der Waals surface area contributed by atoms with Gasteiger partial charge in [-0.2, -0.15) is 0 Å². The predicted octanol–water partition coefficient (Wildman–Crippen LogP) is 2.68. The lowest BCUT2D eigenvalue weighted by Gasteiger charge is -2.38. The molecule has 0 aliphatic heterocycles. The molecular formula is C17H24N2O2. The minimum absolute atomic E-state index is 0.124. The number of nitrogens with two attached hydrogens (primary N) is 1. The zero-order valence-corrected chi connectivity index (χ0v) is 13.0. The van der Waals surface area contributed by atoms with E-state index in [1.807, 2.05) is 24.3 Å². The summed E-state index contributed by atoms with van der Waals surface area (Å²) in [7, 11) is 3.76. The van der Waals surface area contributed by atoms with Crippen LogP contribution in [-0.2, 0) is 13.0 Å². The van der Waals surface area contributed by atoms with Crippen molar-refractivity contribution in [3.63, 3.8) is 0 Å². The molecule has 1 atom stereocenters. The Bertz CT molecular complexity index is 536. The predicted molar refractivity (Wildman–Crippen MR) is 84.3 cm³/mol. The molecule has 0 radical (unpaired) electrons. The van der Waals surface area contributed by atoms with Crippen LogP contribution < -0.4 is 10.5 Å². The van der Waals surface area contributed by atoms with Crippen LogP contribution in [0, 0.1) is 0 Å². The number of likely N-dealkylation sites (N-methyl/N-ethyl adjacent to an activating group) is 1. The molecule has 0 aliphatic carbocycles. The first-order chi connectivity index (χ1) is 10.1. The van der Waals surface area contributed by atoms with E-state index in [2.05, 4.69) is 31.0 Å². The number of benzene rings is 1. The van der Waals surface area contributed by atoms with Gasteiger partial charge in [0.05, 0.1) is 19.9 Å². The molecule has 1 heterocycles. The molecule has 0 saturated heterocycles. The van der Waals surface area contributed by atoms with E-state index in [-0.39, 0.29) is 5.54 Å². The summed E-state index contributed by atoms with van der Waals surface area (Å²) < 4.78 is 10.6. The van der Waals surface area contributed by atoms with Crippen molar-refractivity contribution in [2.45, 2.75) is 25.4 Å². The van der Waals surface area contributed by atoms with Crippen molar-refractivity contribution in [3.8, 4) is 5.75 Å². The van der Waals surface area contributed by atoms with E-state index in [0.717, 1.165) is 24.5 Å². The number of furan rings is 1. The van der Waals surface area contributed by atoms with E-state index >= 15 is 0 Å². The van der Waals surface area contributed by atoms with Gasteiger partial charge in [0.1, 0.15) is 11.5 Å². The molecule has 21 heavy (non-hydrogen) atoms. The monoisotopic (exact) mass is 288 g/mol. The van der Waals surface area contributed by atoms with Crippen LogP contribution in [0.15, 0.2) is 47.1 Å². The van der Waals surface area contributed by atoms with E-state index in [0.29, 0.717) is 6.54 Å². The van der Waals surface area contributed by atoms with Gasteiger partial charge in [-0.25, -0.2) is 0 Å². The van der Waals surface area contributed by atoms with Gasteiger partial charge in [0.2, 0.25) is 0 Å². The SMILES string of the molecule is COc1ccc(CC(C)(CN)N(C)Cc2ccco2)cc1. The second-order valence-corrected chi connectivity index (χ2v) is 5.66. The maximum atomic E-state index is 6.04. The van der Waals surface area contributed by atoms with Crippen LogP contribution in [0.2, 0.25) is 0 Å². The van der Waals surface area contributed by atoms with Crippen LogP contribution in [-0.4, -0.2) is 31.1 Å². The quantitative estimate of drug-likeness (QED) is 0.851. The Labute approximate surface area is 126 Å². The minimum Gasteiger partial charge on any atom is -0.497 e. The molecule has 2 N–H and O–H groups in total. The van der Waals surface area contributed by atoms with E-state index < -0.39 is 0 Å². The van der Waals surface area contributed by atoms with Crippen molar-refractivity contribution in [1.29, 1.82) is 0 Å². The molecule has 1 unspecified atom stereocenters. The highest BCUT2D eigenvalue weighted by molar-refractivity contribution is 5.28. The molecule has 1 aromatic heterocycles. The molecule has 4 nitrogen and oxygen atoms in total. The summed E-state index contributed by atoms with van der Waals surface area (Å²) in [5.74, 6) is 1.82. The van der Waals surface area contributed by atoms with Gasteiger partial charge >= 0.3 is 0 Å². The molecule has 1 aromatic carbocycles. The summed E-state index contributed by atoms with van der Waals surface area (Å²) in [6, 6.07) is 12.0. The van der Waals surface area contributed by atoms with Crippen LogP contribution in [0.4, 0.5) is 0 Å². The largest absolute Gasteiger partial charge is 0.497 e. The topological polar surface area (TPSA) is 51.6 Å². The number of methoxy groups -OCH3 is 1. The Hall–Kier alpha value is -1.78. The fraction of sp³-hybridized carbons (Fsp3) is 0.412. The van der Waals surface area contributed by atoms with Crippen molar-refractivity contribution < 1.29 is 9.15 Å². The van der Waals surface area contributed by atoms with Crippen LogP contribution in [0.3, 0.4) is 0 Å². The molecule has 0 bridgehead atoms. The summed E-state index contributed by atoms with van der Waals surface area (Å²) in [4.78, 5) is 2.25. The number of nitrogens with zero attached hydrogens (tertiary/aromatic N) is 1. The highest BCUT2D eigenvalue weighted by Crippen LogP contribution is 2.22. The summed E-state index contributed by atoms with van der Waals surface area (Å²) in [6.07, 6.45) is 2.58. The Morgan fingerprint density at radius 2 is 1.95 bits per heavy atom. The van der Waals surface area contributed by atoms with Gasteiger partial charge in [-0.3, -0.25) is 4.90 Å². The molecule has 2 rings (SSSR count). The molecule has 0 amide bonds. The van der Waals surface area contributed by atoms with E-state index in [4.69, 9.17) is 14.9 Å². The summed E-state index contributed by atoms with van der Waals surface area (Å²) in [5, 5.41) is 0. The molecule has 0 aliphatic rings. The first-order valence-electron chi connectivity index (χ1n) is 7.14. The molecule has 0 spiro atoms. The van der Waals surface area contributed by atoms with Crippen molar-refractivity contribution in [2.24, 2.45) is 5.73 Å². The Morgan fingerprint density at radius 3 is 2.48 bits per heavy atom. The van der Waals surface area contributed by atoms with Gasteiger partial charge in [-0.05, 0) is 50.2 Å². The zero-order valence-electron chi connectivity index (χ0n) is 13.0. The average molecular weight is 288 g/mol. The maximum Gasteiger partial charge on any atom is 0.118 e. The van der Waals surface area contributed by atoms with Crippen LogP contribution in [0.1, 0.15) is 18.2 Å². The van der Waals surface area contributed by atoms with Crippen LogP contribution in [0.25, 0.3) is 0 Å². The Morgan fingerprint density at radius 1 is 1.24 bits per heavy atom. The third-order valence-corrected chi connectivity index (χ3v) is 4.08. The highest BCUT2D eigenvalue weighted by Gasteiger charge is 2.28. The van der Waals surface area contributed by atoms with Crippen LogP contribution >= 0.6 is 0 Å². The van der Waals surface area contributed by atoms with Crippen molar-refractivity contribution in [1.82, 2.24) is 4.90 Å². The van der Waals surface area contributed by atoms with Gasteiger partial charge in [-0.15, -0.1) is 0 Å². The van der Waals surface area contributed by atoms with Gasteiger partial charge in [0, 0.05) is 12.1 Å². The lowest BCUT2D eigenvalue weighted by molar-refractivity contribution is 0.126. The van der Waals surface area contributed by atoms with Crippen LogP contribution in [0.5, 0.6) is 5.75 Å². The van der Waals surface area contributed by atoms with E-state index in [9.17, 15) is 0 Å². The molecule has 0 fully saturated rings. The van der Waals surface area contributed by atoms with Gasteiger partial charge in [0.25, 0.3) is 0 Å². The lowest BCUT2D eigenvalue weighted by Crippen LogP contribution is -2.50. The third kappa shape index (κ3) is 3.86. The van der Waals surface area contributed by atoms with Crippen molar-refractivity contribution in [2.75, 3.05) is 20.7 Å².